The molecule has 19 heavy (non-hydrogen) atoms. The van der Waals surface area contributed by atoms with E-state index in [9.17, 15) is 9.90 Å². The quantitative estimate of drug-likeness (QED) is 0.828. The molecule has 0 unspecified atom stereocenters. The molecule has 0 spiro atoms. The van der Waals surface area contributed by atoms with E-state index < -0.39 is 12.1 Å². The zero-order valence-electron chi connectivity index (χ0n) is 10.4. The van der Waals surface area contributed by atoms with Crippen molar-refractivity contribution in [3.63, 3.8) is 0 Å². The molecule has 1 atom stereocenters. The average Bonchev–Trinajstić information content (AvgIpc) is 2.93. The molecule has 5 heteroatoms. The molecule has 0 aliphatic rings. The van der Waals surface area contributed by atoms with Crippen LogP contribution in [0.25, 0.3) is 5.69 Å². The molecular formula is C14H16N2O3. The van der Waals surface area contributed by atoms with E-state index in [2.05, 4.69) is 5.10 Å². The summed E-state index contributed by atoms with van der Waals surface area (Å²) in [4.78, 5) is 10.5. The van der Waals surface area contributed by atoms with Crippen molar-refractivity contribution < 1.29 is 15.0 Å². The van der Waals surface area contributed by atoms with Gasteiger partial charge in [-0.05, 0) is 43.0 Å². The topological polar surface area (TPSA) is 75.3 Å². The Kier molecular flexibility index (Phi) is 4.30. The number of hydrogen-bond acceptors (Lipinski definition) is 3. The van der Waals surface area contributed by atoms with E-state index in [4.69, 9.17) is 5.11 Å². The normalized spacial score (nSPS) is 12.3. The molecule has 0 aliphatic heterocycles. The van der Waals surface area contributed by atoms with Gasteiger partial charge in [0.1, 0.15) is 0 Å². The molecular weight excluding hydrogens is 244 g/mol. The smallest absolute Gasteiger partial charge is 0.332 e. The maximum Gasteiger partial charge on any atom is 0.332 e. The van der Waals surface area contributed by atoms with Crippen molar-refractivity contribution in [2.45, 2.75) is 25.4 Å². The van der Waals surface area contributed by atoms with Crippen molar-refractivity contribution in [1.82, 2.24) is 9.78 Å². The van der Waals surface area contributed by atoms with E-state index in [-0.39, 0.29) is 6.42 Å². The van der Waals surface area contributed by atoms with Crippen LogP contribution in [-0.2, 0) is 11.2 Å². The number of aryl methyl sites for hydroxylation is 1. The number of aromatic nitrogens is 2. The average molecular weight is 260 g/mol. The van der Waals surface area contributed by atoms with Crippen molar-refractivity contribution >= 4 is 5.97 Å². The van der Waals surface area contributed by atoms with Gasteiger partial charge >= 0.3 is 5.97 Å². The van der Waals surface area contributed by atoms with Crippen LogP contribution in [0.5, 0.6) is 0 Å². The Morgan fingerprint density at radius 3 is 2.89 bits per heavy atom. The Morgan fingerprint density at radius 2 is 2.21 bits per heavy atom. The minimum atomic E-state index is -1.27. The summed E-state index contributed by atoms with van der Waals surface area (Å²) in [6.45, 7) is 0. The van der Waals surface area contributed by atoms with Gasteiger partial charge in [0.05, 0.1) is 5.69 Å². The van der Waals surface area contributed by atoms with Crippen LogP contribution < -0.4 is 0 Å². The molecule has 1 heterocycles. The van der Waals surface area contributed by atoms with Crippen LogP contribution in [0, 0.1) is 0 Å². The van der Waals surface area contributed by atoms with Gasteiger partial charge < -0.3 is 10.2 Å². The van der Waals surface area contributed by atoms with Crippen LogP contribution in [0.15, 0.2) is 42.7 Å². The van der Waals surface area contributed by atoms with Gasteiger partial charge in [0.25, 0.3) is 0 Å². The van der Waals surface area contributed by atoms with Gasteiger partial charge in [-0.3, -0.25) is 0 Å². The molecule has 100 valence electrons. The first kappa shape index (κ1) is 13.3. The fraction of sp³-hybridized carbons (Fsp3) is 0.286. The third-order valence-corrected chi connectivity index (χ3v) is 2.91. The number of carboxylic acid groups (broad SMARTS) is 1. The first-order valence-electron chi connectivity index (χ1n) is 6.16. The lowest BCUT2D eigenvalue weighted by molar-refractivity contribution is -0.146. The van der Waals surface area contributed by atoms with Crippen LogP contribution >= 0.6 is 0 Å². The van der Waals surface area contributed by atoms with Crippen molar-refractivity contribution in [2.24, 2.45) is 0 Å². The maximum atomic E-state index is 10.5. The first-order chi connectivity index (χ1) is 9.16. The lowest BCUT2D eigenvalue weighted by Gasteiger charge is -2.07. The molecule has 0 saturated heterocycles. The van der Waals surface area contributed by atoms with Gasteiger partial charge in [-0.15, -0.1) is 0 Å². The number of nitrogens with zero attached hydrogens (tertiary/aromatic N) is 2. The highest BCUT2D eigenvalue weighted by Gasteiger charge is 2.12. The molecule has 2 rings (SSSR count). The number of aliphatic hydroxyl groups excluding tert-OH is 1. The zero-order valence-corrected chi connectivity index (χ0v) is 10.4. The van der Waals surface area contributed by atoms with E-state index in [1.54, 1.807) is 10.9 Å². The van der Waals surface area contributed by atoms with E-state index in [1.165, 1.54) is 0 Å². The summed E-state index contributed by atoms with van der Waals surface area (Å²) in [5.41, 5.74) is 2.08. The van der Waals surface area contributed by atoms with Gasteiger partial charge in [0.15, 0.2) is 6.10 Å². The number of rotatable bonds is 6. The zero-order chi connectivity index (χ0) is 13.7. The van der Waals surface area contributed by atoms with Crippen molar-refractivity contribution in [3.8, 4) is 5.69 Å². The third-order valence-electron chi connectivity index (χ3n) is 2.91. The Balaban J connectivity index is 1.95. The van der Waals surface area contributed by atoms with Crippen LogP contribution in [0.3, 0.4) is 0 Å². The number of carbonyl (C=O) groups is 1. The van der Waals surface area contributed by atoms with E-state index in [0.29, 0.717) is 6.42 Å². The number of hydrogen-bond donors (Lipinski definition) is 2. The summed E-state index contributed by atoms with van der Waals surface area (Å²) in [6, 6.07) is 9.76. The standard InChI is InChI=1S/C14H16N2O3/c17-13(14(18)19)7-2-5-11-4-1-6-12(10-11)16-9-3-8-15-16/h1,3-4,6,8-10,13,17H,2,5,7H2,(H,18,19)/t13-/m1/s1. The van der Waals surface area contributed by atoms with Gasteiger partial charge in [-0.2, -0.15) is 5.10 Å². The van der Waals surface area contributed by atoms with Gasteiger partial charge in [-0.25, -0.2) is 9.48 Å². The molecule has 2 aromatic rings. The number of aliphatic hydroxyl groups is 1. The molecule has 1 aromatic carbocycles. The lowest BCUT2D eigenvalue weighted by Crippen LogP contribution is -2.19. The van der Waals surface area contributed by atoms with Crippen molar-refractivity contribution in [2.75, 3.05) is 0 Å². The Labute approximate surface area is 111 Å². The van der Waals surface area contributed by atoms with Crippen LogP contribution in [0.2, 0.25) is 0 Å². The second-order valence-electron chi connectivity index (χ2n) is 4.37. The summed E-state index contributed by atoms with van der Waals surface area (Å²) in [6.07, 6.45) is 3.95. The molecule has 2 N–H and O–H groups in total. The second-order valence-corrected chi connectivity index (χ2v) is 4.37. The first-order valence-corrected chi connectivity index (χ1v) is 6.16. The minimum absolute atomic E-state index is 0.265. The minimum Gasteiger partial charge on any atom is -0.479 e. The molecule has 5 nitrogen and oxygen atoms in total. The molecule has 0 amide bonds. The number of carboxylic acids is 1. The second kappa shape index (κ2) is 6.15. The highest BCUT2D eigenvalue weighted by molar-refractivity contribution is 5.71. The van der Waals surface area contributed by atoms with Crippen LogP contribution in [0.1, 0.15) is 18.4 Å². The summed E-state index contributed by atoms with van der Waals surface area (Å²) < 4.78 is 1.77. The SMILES string of the molecule is O=C(O)[C@H](O)CCCc1cccc(-n2cccn2)c1. The molecule has 0 saturated carbocycles. The number of aliphatic carboxylic acids is 1. The predicted octanol–water partition coefficient (Wildman–Crippen LogP) is 1.64. The Morgan fingerprint density at radius 1 is 1.37 bits per heavy atom. The highest BCUT2D eigenvalue weighted by atomic mass is 16.4. The van der Waals surface area contributed by atoms with Crippen LogP contribution in [-0.4, -0.2) is 32.1 Å². The van der Waals surface area contributed by atoms with Gasteiger partial charge in [0.2, 0.25) is 0 Å². The number of benzene rings is 1. The van der Waals surface area contributed by atoms with E-state index >= 15 is 0 Å². The summed E-state index contributed by atoms with van der Waals surface area (Å²) in [5, 5.41) is 21.9. The van der Waals surface area contributed by atoms with Crippen LogP contribution in [0.4, 0.5) is 0 Å². The summed E-state index contributed by atoms with van der Waals surface area (Å²) >= 11 is 0. The van der Waals surface area contributed by atoms with E-state index in [1.807, 2.05) is 36.5 Å². The summed E-state index contributed by atoms with van der Waals surface area (Å²) in [7, 11) is 0. The maximum absolute atomic E-state index is 10.5. The highest BCUT2D eigenvalue weighted by Crippen LogP contribution is 2.12. The largest absolute Gasteiger partial charge is 0.479 e. The van der Waals surface area contributed by atoms with Crippen molar-refractivity contribution in [1.29, 1.82) is 0 Å². The molecule has 0 fully saturated rings. The fourth-order valence-corrected chi connectivity index (χ4v) is 1.90. The molecule has 0 bridgehead atoms. The molecule has 1 aromatic heterocycles. The fourth-order valence-electron chi connectivity index (χ4n) is 1.90. The van der Waals surface area contributed by atoms with Gasteiger partial charge in [-0.1, -0.05) is 12.1 Å². The predicted molar refractivity (Wildman–Crippen MR) is 70.1 cm³/mol. The summed E-state index contributed by atoms with van der Waals surface area (Å²) in [5.74, 6) is -1.16. The third kappa shape index (κ3) is 3.66. The van der Waals surface area contributed by atoms with Crippen molar-refractivity contribution in [3.05, 3.63) is 48.3 Å². The lowest BCUT2D eigenvalue weighted by atomic mass is 10.1. The monoisotopic (exact) mass is 260 g/mol. The molecule has 0 aliphatic carbocycles. The van der Waals surface area contributed by atoms with E-state index in [0.717, 1.165) is 17.7 Å². The molecule has 0 radical (unpaired) electrons. The Bertz CT molecular complexity index is 537. The Hall–Kier alpha value is -2.14. The van der Waals surface area contributed by atoms with Gasteiger partial charge in [0, 0.05) is 12.4 Å².